The van der Waals surface area contributed by atoms with E-state index in [1.54, 1.807) is 25.1 Å². The Hall–Kier alpha value is -1.79. The van der Waals surface area contributed by atoms with E-state index >= 15 is 0 Å². The summed E-state index contributed by atoms with van der Waals surface area (Å²) in [5.74, 6) is -2.29. The van der Waals surface area contributed by atoms with E-state index in [0.29, 0.717) is 15.6 Å². The maximum atomic E-state index is 11.8. The summed E-state index contributed by atoms with van der Waals surface area (Å²) in [6, 6.07) is 3.62. The number of halogens is 2. The van der Waals surface area contributed by atoms with Crippen molar-refractivity contribution in [2.24, 2.45) is 0 Å². The van der Waals surface area contributed by atoms with E-state index in [-0.39, 0.29) is 25.9 Å². The van der Waals surface area contributed by atoms with E-state index in [4.69, 9.17) is 27.9 Å². The predicted octanol–water partition coefficient (Wildman–Crippen LogP) is 2.45. The van der Waals surface area contributed by atoms with Gasteiger partial charge in [-0.25, -0.2) is 4.79 Å². The molecule has 6 nitrogen and oxygen atoms in total. The summed E-state index contributed by atoms with van der Waals surface area (Å²) in [5.41, 5.74) is 0.439. The van der Waals surface area contributed by atoms with Gasteiger partial charge in [0.05, 0.1) is 13.0 Å². The number of carboxylic acid groups (broad SMARTS) is 1. The first-order valence-electron chi connectivity index (χ1n) is 6.95. The van der Waals surface area contributed by atoms with Gasteiger partial charge in [-0.3, -0.25) is 9.59 Å². The highest BCUT2D eigenvalue weighted by Crippen LogP contribution is 2.25. The second-order valence-electron chi connectivity index (χ2n) is 4.67. The Bertz CT molecular complexity index is 571. The summed E-state index contributed by atoms with van der Waals surface area (Å²) < 4.78 is 4.70. The number of carbonyl (C=O) groups is 3. The van der Waals surface area contributed by atoms with Crippen LogP contribution in [0.2, 0.25) is 10.0 Å². The topological polar surface area (TPSA) is 92.7 Å². The zero-order chi connectivity index (χ0) is 17.4. The Labute approximate surface area is 143 Å². The number of amides is 1. The molecule has 0 aliphatic carbocycles. The van der Waals surface area contributed by atoms with Crippen LogP contribution in [-0.4, -0.2) is 35.6 Å². The van der Waals surface area contributed by atoms with Crippen LogP contribution in [0.1, 0.15) is 25.3 Å². The van der Waals surface area contributed by atoms with E-state index in [2.05, 4.69) is 5.32 Å². The van der Waals surface area contributed by atoms with Crippen LogP contribution >= 0.6 is 23.2 Å². The molecule has 1 rings (SSSR count). The van der Waals surface area contributed by atoms with Crippen molar-refractivity contribution in [3.05, 3.63) is 33.8 Å². The first-order chi connectivity index (χ1) is 10.8. The molecule has 1 atom stereocenters. The average molecular weight is 362 g/mol. The maximum absolute atomic E-state index is 11.8. The number of nitrogens with one attached hydrogen (secondary N) is 1. The van der Waals surface area contributed by atoms with Crippen LogP contribution in [0.4, 0.5) is 0 Å². The Balaban J connectivity index is 2.67. The first-order valence-corrected chi connectivity index (χ1v) is 7.71. The summed E-state index contributed by atoms with van der Waals surface area (Å²) in [6.07, 6.45) is -0.323. The number of benzene rings is 1. The highest BCUT2D eigenvalue weighted by atomic mass is 35.5. The van der Waals surface area contributed by atoms with Crippen molar-refractivity contribution in [2.75, 3.05) is 6.61 Å². The van der Waals surface area contributed by atoms with Gasteiger partial charge in [0.1, 0.15) is 6.04 Å². The Kier molecular flexibility index (Phi) is 7.85. The zero-order valence-electron chi connectivity index (χ0n) is 12.5. The van der Waals surface area contributed by atoms with Gasteiger partial charge in [0.25, 0.3) is 0 Å². The van der Waals surface area contributed by atoms with Gasteiger partial charge < -0.3 is 15.2 Å². The van der Waals surface area contributed by atoms with E-state index in [9.17, 15) is 19.5 Å². The van der Waals surface area contributed by atoms with Gasteiger partial charge in [-0.2, -0.15) is 0 Å². The average Bonchev–Trinajstić information content (AvgIpc) is 2.48. The smallest absolute Gasteiger partial charge is 0.326 e. The molecule has 0 saturated heterocycles. The zero-order valence-corrected chi connectivity index (χ0v) is 14.0. The van der Waals surface area contributed by atoms with Gasteiger partial charge in [-0.1, -0.05) is 29.3 Å². The molecule has 0 spiro atoms. The fraction of sp³-hybridized carbons (Fsp3) is 0.400. The summed E-state index contributed by atoms with van der Waals surface area (Å²) >= 11 is 12.0. The normalized spacial score (nSPS) is 11.6. The minimum Gasteiger partial charge on any atom is -0.480 e. The van der Waals surface area contributed by atoms with Crippen LogP contribution in [0.5, 0.6) is 0 Å². The van der Waals surface area contributed by atoms with Crippen molar-refractivity contribution in [1.29, 1.82) is 0 Å². The van der Waals surface area contributed by atoms with E-state index in [0.717, 1.165) is 0 Å². The quantitative estimate of drug-likeness (QED) is 0.693. The lowest BCUT2D eigenvalue weighted by atomic mass is 10.1. The maximum Gasteiger partial charge on any atom is 0.326 e. The molecule has 0 unspecified atom stereocenters. The number of aliphatic carboxylic acids is 1. The number of hydrogen-bond donors (Lipinski definition) is 2. The molecule has 1 aromatic carbocycles. The lowest BCUT2D eigenvalue weighted by Crippen LogP contribution is -2.42. The molecule has 0 aromatic heterocycles. The van der Waals surface area contributed by atoms with Crippen LogP contribution in [0, 0.1) is 0 Å². The molecule has 0 heterocycles. The fourth-order valence-electron chi connectivity index (χ4n) is 1.85. The minimum atomic E-state index is -1.22. The molecule has 1 aromatic rings. The fourth-order valence-corrected chi connectivity index (χ4v) is 2.40. The number of ether oxygens (including phenoxy) is 1. The summed E-state index contributed by atoms with van der Waals surface area (Å²) in [5, 5.41) is 12.2. The molecular weight excluding hydrogens is 345 g/mol. The molecule has 8 heteroatoms. The van der Waals surface area contributed by atoms with Crippen LogP contribution in [0.15, 0.2) is 18.2 Å². The summed E-state index contributed by atoms with van der Waals surface area (Å²) in [7, 11) is 0. The number of hydrogen-bond acceptors (Lipinski definition) is 4. The third kappa shape index (κ3) is 6.46. The highest BCUT2D eigenvalue weighted by Gasteiger charge is 2.23. The van der Waals surface area contributed by atoms with Crippen LogP contribution < -0.4 is 5.32 Å². The minimum absolute atomic E-state index is 0.0566. The van der Waals surface area contributed by atoms with E-state index in [1.165, 1.54) is 0 Å². The van der Waals surface area contributed by atoms with Gasteiger partial charge in [-0.05, 0) is 24.6 Å². The molecule has 126 valence electrons. The second-order valence-corrected chi connectivity index (χ2v) is 5.48. The SMILES string of the molecule is CCOC(=O)CCC(=O)N[C@@H](Cc1c(Cl)cccc1Cl)C(=O)O. The summed E-state index contributed by atoms with van der Waals surface area (Å²) in [6.45, 7) is 1.88. The molecule has 0 aliphatic heterocycles. The summed E-state index contributed by atoms with van der Waals surface area (Å²) in [4.78, 5) is 34.3. The Morgan fingerprint density at radius 2 is 1.83 bits per heavy atom. The highest BCUT2D eigenvalue weighted by molar-refractivity contribution is 6.36. The van der Waals surface area contributed by atoms with Gasteiger partial charge in [0, 0.05) is 22.9 Å². The Morgan fingerprint density at radius 3 is 2.35 bits per heavy atom. The standard InChI is InChI=1S/C15H17Cl2NO5/c1-2-23-14(20)7-6-13(19)18-12(15(21)22)8-9-10(16)4-3-5-11(9)17/h3-5,12H,2,6-8H2,1H3,(H,18,19)(H,21,22)/t12-/m0/s1. The lowest BCUT2D eigenvalue weighted by molar-refractivity contribution is -0.144. The van der Waals surface area contributed by atoms with Crippen LogP contribution in [0.3, 0.4) is 0 Å². The monoisotopic (exact) mass is 361 g/mol. The molecule has 0 aliphatic rings. The predicted molar refractivity (Wildman–Crippen MR) is 85.6 cm³/mol. The first kappa shape index (κ1) is 19.3. The van der Waals surface area contributed by atoms with Gasteiger partial charge in [-0.15, -0.1) is 0 Å². The largest absolute Gasteiger partial charge is 0.480 e. The van der Waals surface area contributed by atoms with Crippen molar-refractivity contribution >= 4 is 41.0 Å². The molecule has 2 N–H and O–H groups in total. The number of carbonyl (C=O) groups excluding carboxylic acids is 2. The van der Waals surface area contributed by atoms with Crippen molar-refractivity contribution in [3.8, 4) is 0 Å². The van der Waals surface area contributed by atoms with Gasteiger partial charge in [0.15, 0.2) is 0 Å². The molecule has 0 bridgehead atoms. The molecule has 0 fully saturated rings. The number of carboxylic acids is 1. The number of rotatable bonds is 8. The van der Waals surface area contributed by atoms with Crippen LogP contribution in [0.25, 0.3) is 0 Å². The van der Waals surface area contributed by atoms with Gasteiger partial charge in [0.2, 0.25) is 5.91 Å². The van der Waals surface area contributed by atoms with E-state index in [1.807, 2.05) is 0 Å². The third-order valence-electron chi connectivity index (χ3n) is 2.96. The van der Waals surface area contributed by atoms with E-state index < -0.39 is 23.9 Å². The Morgan fingerprint density at radius 1 is 1.22 bits per heavy atom. The van der Waals surface area contributed by atoms with Crippen molar-refractivity contribution < 1.29 is 24.2 Å². The lowest BCUT2D eigenvalue weighted by Gasteiger charge is -2.16. The molecule has 0 saturated carbocycles. The molecule has 23 heavy (non-hydrogen) atoms. The van der Waals surface area contributed by atoms with Crippen molar-refractivity contribution in [2.45, 2.75) is 32.2 Å². The van der Waals surface area contributed by atoms with Crippen LogP contribution in [-0.2, 0) is 25.5 Å². The second kappa shape index (κ2) is 9.37. The number of esters is 1. The van der Waals surface area contributed by atoms with Gasteiger partial charge >= 0.3 is 11.9 Å². The molecule has 0 radical (unpaired) electrons. The third-order valence-corrected chi connectivity index (χ3v) is 3.67. The molecular formula is C15H17Cl2NO5. The van der Waals surface area contributed by atoms with Crippen molar-refractivity contribution in [3.63, 3.8) is 0 Å². The van der Waals surface area contributed by atoms with Crippen molar-refractivity contribution in [1.82, 2.24) is 5.32 Å². The molecule has 1 amide bonds.